The summed E-state index contributed by atoms with van der Waals surface area (Å²) in [5.41, 5.74) is 1.97. The number of likely N-dealkylation sites (tertiary alicyclic amines) is 1. The molecule has 1 aliphatic rings. The van der Waals surface area contributed by atoms with Crippen LogP contribution in [-0.4, -0.2) is 60.4 Å². The van der Waals surface area contributed by atoms with Crippen molar-refractivity contribution < 1.29 is 23.7 Å². The third kappa shape index (κ3) is 5.03. The van der Waals surface area contributed by atoms with Gasteiger partial charge in [-0.15, -0.1) is 0 Å². The monoisotopic (exact) mass is 464 g/mol. The molecule has 1 fully saturated rings. The van der Waals surface area contributed by atoms with Crippen LogP contribution >= 0.6 is 0 Å². The van der Waals surface area contributed by atoms with Gasteiger partial charge in [0.15, 0.2) is 11.5 Å². The molecule has 1 saturated heterocycles. The predicted molar refractivity (Wildman–Crippen MR) is 125 cm³/mol. The summed E-state index contributed by atoms with van der Waals surface area (Å²) in [6.07, 6.45) is 3.10. The average molecular weight is 465 g/mol. The minimum atomic E-state index is -0.139. The van der Waals surface area contributed by atoms with Crippen LogP contribution in [0.15, 0.2) is 42.6 Å². The summed E-state index contributed by atoms with van der Waals surface area (Å²) in [5.74, 6) is 3.03. The van der Waals surface area contributed by atoms with Crippen molar-refractivity contribution in [2.75, 3.05) is 34.4 Å². The van der Waals surface area contributed by atoms with Crippen molar-refractivity contribution in [3.05, 3.63) is 59.7 Å². The third-order valence-corrected chi connectivity index (χ3v) is 5.93. The zero-order chi connectivity index (χ0) is 24.1. The van der Waals surface area contributed by atoms with Gasteiger partial charge in [-0.05, 0) is 44.0 Å². The molecule has 34 heavy (non-hydrogen) atoms. The van der Waals surface area contributed by atoms with Crippen LogP contribution in [0, 0.1) is 6.92 Å². The second kappa shape index (κ2) is 10.4. The summed E-state index contributed by atoms with van der Waals surface area (Å²) in [4.78, 5) is 19.3. The fourth-order valence-electron chi connectivity index (χ4n) is 3.94. The van der Waals surface area contributed by atoms with Crippen molar-refractivity contribution >= 4 is 5.91 Å². The standard InChI is InChI=1S/C25H28N4O5/c1-16-22(32-3)13-20(28-27-16)17-9-11-29(12-10-17)25(30)21-14-23(33-4)24(15-26-21)34-19-7-5-18(31-2)6-8-19/h5-8,13-15,17H,9-12H2,1-4H3. The first kappa shape index (κ1) is 23.3. The summed E-state index contributed by atoms with van der Waals surface area (Å²) in [7, 11) is 4.77. The van der Waals surface area contributed by atoms with Gasteiger partial charge < -0.3 is 23.8 Å². The summed E-state index contributed by atoms with van der Waals surface area (Å²) >= 11 is 0. The highest BCUT2D eigenvalue weighted by Gasteiger charge is 2.27. The molecule has 3 heterocycles. The van der Waals surface area contributed by atoms with Gasteiger partial charge in [-0.3, -0.25) is 4.79 Å². The zero-order valence-electron chi connectivity index (χ0n) is 19.8. The van der Waals surface area contributed by atoms with Crippen LogP contribution in [-0.2, 0) is 0 Å². The Morgan fingerprint density at radius 1 is 0.882 bits per heavy atom. The Kier molecular flexibility index (Phi) is 7.10. The molecule has 4 rings (SSSR count). The van der Waals surface area contributed by atoms with E-state index in [2.05, 4.69) is 15.2 Å². The second-order valence-electron chi connectivity index (χ2n) is 7.99. The predicted octanol–water partition coefficient (Wildman–Crippen LogP) is 4.02. The van der Waals surface area contributed by atoms with Gasteiger partial charge in [-0.2, -0.15) is 10.2 Å². The summed E-state index contributed by atoms with van der Waals surface area (Å²) in [5, 5.41) is 8.53. The lowest BCUT2D eigenvalue weighted by molar-refractivity contribution is 0.0705. The van der Waals surface area contributed by atoms with E-state index in [0.717, 1.165) is 35.7 Å². The molecule has 0 radical (unpaired) electrons. The topological polar surface area (TPSA) is 95.9 Å². The van der Waals surface area contributed by atoms with Crippen molar-refractivity contribution in [2.45, 2.75) is 25.7 Å². The summed E-state index contributed by atoms with van der Waals surface area (Å²) in [6, 6.07) is 10.7. The van der Waals surface area contributed by atoms with Crippen LogP contribution in [0.4, 0.5) is 0 Å². The van der Waals surface area contributed by atoms with Crippen LogP contribution in [0.5, 0.6) is 28.7 Å². The minimum Gasteiger partial charge on any atom is -0.497 e. The van der Waals surface area contributed by atoms with E-state index in [4.69, 9.17) is 18.9 Å². The molecule has 1 aromatic carbocycles. The number of pyridine rings is 1. The SMILES string of the molecule is COc1ccc(Oc2cnc(C(=O)N3CCC(c4cc(OC)c(C)nn4)CC3)cc2OC)cc1. The number of carbonyl (C=O) groups excluding carboxylic acids is 1. The van der Waals surface area contributed by atoms with Gasteiger partial charge in [0.05, 0.1) is 33.2 Å². The number of ether oxygens (including phenoxy) is 4. The number of hydrogen-bond donors (Lipinski definition) is 0. The first-order valence-corrected chi connectivity index (χ1v) is 11.1. The number of methoxy groups -OCH3 is 3. The van der Waals surface area contributed by atoms with E-state index < -0.39 is 0 Å². The molecule has 0 saturated carbocycles. The molecule has 9 heteroatoms. The Morgan fingerprint density at radius 3 is 2.21 bits per heavy atom. The van der Waals surface area contributed by atoms with Gasteiger partial charge in [0, 0.05) is 31.1 Å². The fourth-order valence-corrected chi connectivity index (χ4v) is 3.94. The maximum Gasteiger partial charge on any atom is 0.272 e. The lowest BCUT2D eigenvalue weighted by Gasteiger charge is -2.31. The van der Waals surface area contributed by atoms with E-state index in [0.29, 0.717) is 36.0 Å². The number of aromatic nitrogens is 3. The zero-order valence-corrected chi connectivity index (χ0v) is 19.8. The number of piperidine rings is 1. The van der Waals surface area contributed by atoms with Crippen LogP contribution < -0.4 is 18.9 Å². The van der Waals surface area contributed by atoms with E-state index in [9.17, 15) is 4.79 Å². The van der Waals surface area contributed by atoms with Gasteiger partial charge >= 0.3 is 0 Å². The van der Waals surface area contributed by atoms with Gasteiger partial charge in [0.1, 0.15) is 28.6 Å². The van der Waals surface area contributed by atoms with E-state index in [1.165, 1.54) is 13.3 Å². The molecule has 1 aliphatic heterocycles. The number of aryl methyl sites for hydroxylation is 1. The van der Waals surface area contributed by atoms with Crippen LogP contribution in [0.3, 0.4) is 0 Å². The molecule has 0 unspecified atom stereocenters. The fraction of sp³-hybridized carbons (Fsp3) is 0.360. The molecule has 3 aromatic rings. The van der Waals surface area contributed by atoms with Crippen molar-refractivity contribution in [3.63, 3.8) is 0 Å². The molecule has 2 aromatic heterocycles. The molecule has 1 amide bonds. The largest absolute Gasteiger partial charge is 0.497 e. The number of nitrogens with zero attached hydrogens (tertiary/aromatic N) is 4. The maximum atomic E-state index is 13.1. The Hall–Kier alpha value is -3.88. The molecule has 0 aliphatic carbocycles. The number of rotatable bonds is 7. The molecule has 9 nitrogen and oxygen atoms in total. The number of carbonyl (C=O) groups is 1. The Morgan fingerprint density at radius 2 is 1.56 bits per heavy atom. The van der Waals surface area contributed by atoms with Crippen LogP contribution in [0.2, 0.25) is 0 Å². The molecule has 0 spiro atoms. The lowest BCUT2D eigenvalue weighted by Crippen LogP contribution is -2.38. The second-order valence-corrected chi connectivity index (χ2v) is 7.99. The molecular weight excluding hydrogens is 436 g/mol. The van der Waals surface area contributed by atoms with E-state index in [-0.39, 0.29) is 11.8 Å². The Balaban J connectivity index is 1.42. The molecule has 0 atom stereocenters. The van der Waals surface area contributed by atoms with Crippen molar-refractivity contribution in [1.29, 1.82) is 0 Å². The Labute approximate surface area is 198 Å². The first-order chi connectivity index (χ1) is 16.5. The minimum absolute atomic E-state index is 0.139. The highest BCUT2D eigenvalue weighted by atomic mass is 16.5. The molecule has 178 valence electrons. The molecule has 0 bridgehead atoms. The number of hydrogen-bond acceptors (Lipinski definition) is 8. The maximum absolute atomic E-state index is 13.1. The van der Waals surface area contributed by atoms with Gasteiger partial charge in [-0.1, -0.05) is 0 Å². The van der Waals surface area contributed by atoms with Gasteiger partial charge in [-0.25, -0.2) is 4.98 Å². The third-order valence-electron chi connectivity index (χ3n) is 5.93. The number of benzene rings is 1. The number of amides is 1. The van der Waals surface area contributed by atoms with Crippen molar-refractivity contribution in [3.8, 4) is 28.7 Å². The van der Waals surface area contributed by atoms with Gasteiger partial charge in [0.2, 0.25) is 0 Å². The van der Waals surface area contributed by atoms with E-state index >= 15 is 0 Å². The normalized spacial score (nSPS) is 13.9. The molecule has 0 N–H and O–H groups in total. The van der Waals surface area contributed by atoms with Crippen LogP contribution in [0.25, 0.3) is 0 Å². The smallest absolute Gasteiger partial charge is 0.272 e. The quantitative estimate of drug-likeness (QED) is 0.517. The lowest BCUT2D eigenvalue weighted by atomic mass is 9.93. The first-order valence-electron chi connectivity index (χ1n) is 11.1. The molecular formula is C25H28N4O5. The van der Waals surface area contributed by atoms with E-state index in [1.54, 1.807) is 49.5 Å². The summed E-state index contributed by atoms with van der Waals surface area (Å²) < 4.78 is 21.9. The summed E-state index contributed by atoms with van der Waals surface area (Å²) in [6.45, 7) is 3.08. The van der Waals surface area contributed by atoms with Crippen LogP contribution in [0.1, 0.15) is 40.6 Å². The average Bonchev–Trinajstić information content (AvgIpc) is 2.89. The Bertz CT molecular complexity index is 1140. The van der Waals surface area contributed by atoms with Gasteiger partial charge in [0.25, 0.3) is 5.91 Å². The highest BCUT2D eigenvalue weighted by molar-refractivity contribution is 5.93. The van der Waals surface area contributed by atoms with Crippen molar-refractivity contribution in [2.24, 2.45) is 0 Å². The van der Waals surface area contributed by atoms with E-state index in [1.807, 2.05) is 13.0 Å². The van der Waals surface area contributed by atoms with Crippen molar-refractivity contribution in [1.82, 2.24) is 20.1 Å². The highest BCUT2D eigenvalue weighted by Crippen LogP contribution is 2.33.